The summed E-state index contributed by atoms with van der Waals surface area (Å²) in [6.45, 7) is 0.425. The van der Waals surface area contributed by atoms with Crippen molar-refractivity contribution in [3.05, 3.63) is 0 Å². The highest BCUT2D eigenvalue weighted by Gasteiger charge is 2.34. The molecule has 1 aliphatic heterocycles. The van der Waals surface area contributed by atoms with Gasteiger partial charge < -0.3 is 21.1 Å². The van der Waals surface area contributed by atoms with Crippen LogP contribution in [0.1, 0.15) is 19.3 Å². The Hall–Kier alpha value is -1.44. The molecule has 0 aromatic heterocycles. The summed E-state index contributed by atoms with van der Waals surface area (Å²) in [5.41, 5.74) is 5.22. The predicted molar refractivity (Wildman–Crippen MR) is 71.9 cm³/mol. The summed E-state index contributed by atoms with van der Waals surface area (Å²) in [4.78, 5) is 35.5. The van der Waals surface area contributed by atoms with Gasteiger partial charge in [0.15, 0.2) is 0 Å². The Kier molecular flexibility index (Phi) is 5.94. The van der Waals surface area contributed by atoms with Gasteiger partial charge in [0, 0.05) is 6.54 Å². The lowest BCUT2D eigenvalue weighted by Crippen LogP contribution is -2.52. The zero-order chi connectivity index (χ0) is 14.4. The minimum absolute atomic E-state index is 0.345. The number of aliphatic carboxylic acids is 1. The van der Waals surface area contributed by atoms with Gasteiger partial charge in [-0.25, -0.2) is 9.59 Å². The number of carbonyl (C=O) groups is 3. The van der Waals surface area contributed by atoms with Crippen LogP contribution in [0.4, 0.5) is 4.79 Å². The van der Waals surface area contributed by atoms with Crippen molar-refractivity contribution < 1.29 is 19.5 Å². The maximum absolute atomic E-state index is 12.0. The molecule has 1 unspecified atom stereocenters. The topological polar surface area (TPSA) is 113 Å². The Morgan fingerprint density at radius 1 is 1.53 bits per heavy atom. The Labute approximate surface area is 115 Å². The van der Waals surface area contributed by atoms with Crippen LogP contribution >= 0.6 is 11.8 Å². The van der Waals surface area contributed by atoms with Crippen LogP contribution in [0.15, 0.2) is 0 Å². The van der Waals surface area contributed by atoms with Crippen LogP contribution in [-0.2, 0) is 9.59 Å². The summed E-state index contributed by atoms with van der Waals surface area (Å²) in [5, 5.41) is 11.5. The maximum atomic E-state index is 12.0. The molecule has 2 atom stereocenters. The number of nitrogens with two attached hydrogens (primary N) is 1. The largest absolute Gasteiger partial charge is 0.480 e. The van der Waals surface area contributed by atoms with Crippen LogP contribution in [0.2, 0.25) is 0 Å². The molecule has 0 spiro atoms. The van der Waals surface area contributed by atoms with E-state index >= 15 is 0 Å². The van der Waals surface area contributed by atoms with E-state index in [0.29, 0.717) is 31.6 Å². The van der Waals surface area contributed by atoms with E-state index < -0.39 is 30.0 Å². The summed E-state index contributed by atoms with van der Waals surface area (Å²) >= 11 is 1.51. The van der Waals surface area contributed by atoms with Crippen molar-refractivity contribution in [2.24, 2.45) is 5.73 Å². The first kappa shape index (κ1) is 15.6. The van der Waals surface area contributed by atoms with Crippen molar-refractivity contribution in [1.29, 1.82) is 0 Å². The van der Waals surface area contributed by atoms with E-state index in [1.807, 2.05) is 6.26 Å². The first-order chi connectivity index (χ1) is 8.97. The number of nitrogens with zero attached hydrogens (tertiary/aromatic N) is 1. The van der Waals surface area contributed by atoms with E-state index in [2.05, 4.69) is 5.32 Å². The molecule has 0 radical (unpaired) electrons. The van der Waals surface area contributed by atoms with Gasteiger partial charge >= 0.3 is 12.0 Å². The monoisotopic (exact) mass is 289 g/mol. The molecule has 0 aromatic rings. The fraction of sp³-hybridized carbons (Fsp3) is 0.727. The lowest BCUT2D eigenvalue weighted by Gasteiger charge is -2.24. The van der Waals surface area contributed by atoms with Gasteiger partial charge in [-0.1, -0.05) is 0 Å². The second kappa shape index (κ2) is 7.22. The number of rotatable bonds is 6. The minimum atomic E-state index is -1.07. The third-order valence-corrected chi connectivity index (χ3v) is 3.69. The third-order valence-electron chi connectivity index (χ3n) is 3.05. The van der Waals surface area contributed by atoms with Gasteiger partial charge in [-0.05, 0) is 31.3 Å². The summed E-state index contributed by atoms with van der Waals surface area (Å²) in [6.07, 6.45) is 3.44. The lowest BCUT2D eigenvalue weighted by molar-refractivity contribution is -0.139. The van der Waals surface area contributed by atoms with Crippen LogP contribution in [0, 0.1) is 0 Å². The zero-order valence-electron chi connectivity index (χ0n) is 10.8. The number of hydrogen-bond donors (Lipinski definition) is 3. The second-order valence-electron chi connectivity index (χ2n) is 4.38. The van der Waals surface area contributed by atoms with Gasteiger partial charge in [-0.2, -0.15) is 11.8 Å². The number of primary amides is 1. The second-order valence-corrected chi connectivity index (χ2v) is 5.36. The van der Waals surface area contributed by atoms with Crippen LogP contribution in [0.25, 0.3) is 0 Å². The van der Waals surface area contributed by atoms with E-state index in [9.17, 15) is 14.4 Å². The van der Waals surface area contributed by atoms with Crippen LogP contribution in [0.5, 0.6) is 0 Å². The molecule has 108 valence electrons. The third kappa shape index (κ3) is 4.30. The number of likely N-dealkylation sites (tertiary alicyclic amines) is 1. The molecule has 0 saturated carbocycles. The van der Waals surface area contributed by atoms with Crippen LogP contribution in [-0.4, -0.2) is 58.6 Å². The Balaban J connectivity index is 2.60. The van der Waals surface area contributed by atoms with Crippen LogP contribution < -0.4 is 11.1 Å². The first-order valence-corrected chi connectivity index (χ1v) is 7.45. The number of carbonyl (C=O) groups excluding carboxylic acids is 2. The zero-order valence-corrected chi connectivity index (χ0v) is 11.6. The quantitative estimate of drug-likeness (QED) is 0.629. The van der Waals surface area contributed by atoms with Crippen molar-refractivity contribution >= 4 is 29.7 Å². The summed E-state index contributed by atoms with van der Waals surface area (Å²) < 4.78 is 0. The molecular formula is C11H19N3O4S. The Morgan fingerprint density at radius 3 is 2.74 bits per heavy atom. The highest BCUT2D eigenvalue weighted by atomic mass is 32.2. The highest BCUT2D eigenvalue weighted by Crippen LogP contribution is 2.17. The maximum Gasteiger partial charge on any atom is 0.326 e. The minimum Gasteiger partial charge on any atom is -0.480 e. The van der Waals surface area contributed by atoms with E-state index in [-0.39, 0.29) is 0 Å². The van der Waals surface area contributed by atoms with Crippen molar-refractivity contribution in [3.63, 3.8) is 0 Å². The summed E-state index contributed by atoms with van der Waals surface area (Å²) in [5.74, 6) is -0.989. The van der Waals surface area contributed by atoms with E-state index in [1.54, 1.807) is 0 Å². The molecule has 1 saturated heterocycles. The molecule has 1 fully saturated rings. The smallest absolute Gasteiger partial charge is 0.326 e. The van der Waals surface area contributed by atoms with Gasteiger partial charge in [-0.3, -0.25) is 4.79 Å². The molecule has 1 aliphatic rings. The van der Waals surface area contributed by atoms with E-state index in [0.717, 1.165) is 0 Å². The average Bonchev–Trinajstić information content (AvgIpc) is 2.83. The molecule has 3 amide bonds. The molecule has 4 N–H and O–H groups in total. The standard InChI is InChI=1S/C11H19N3O4S/c1-19-6-4-7(10(16)17)13-11(18)14-5-2-3-8(14)9(12)15/h7-8H,2-6H2,1H3,(H2,12,15)(H,13,18)(H,16,17)/t7-,8?/m1/s1. The van der Waals surface area contributed by atoms with Gasteiger partial charge in [0.25, 0.3) is 0 Å². The number of carboxylic acid groups (broad SMARTS) is 1. The predicted octanol–water partition coefficient (Wildman–Crippen LogP) is -0.148. The highest BCUT2D eigenvalue weighted by molar-refractivity contribution is 7.98. The molecule has 0 bridgehead atoms. The number of amides is 3. The van der Waals surface area contributed by atoms with E-state index in [4.69, 9.17) is 10.8 Å². The normalized spacial score (nSPS) is 20.1. The first-order valence-electron chi connectivity index (χ1n) is 6.05. The Morgan fingerprint density at radius 2 is 2.21 bits per heavy atom. The summed E-state index contributed by atoms with van der Waals surface area (Å²) in [6, 6.07) is -2.10. The lowest BCUT2D eigenvalue weighted by atomic mass is 10.2. The SMILES string of the molecule is CSCC[C@@H](NC(=O)N1CCCC1C(N)=O)C(=O)O. The van der Waals surface area contributed by atoms with Gasteiger partial charge in [0.1, 0.15) is 12.1 Å². The molecule has 8 heteroatoms. The number of nitrogens with one attached hydrogen (secondary N) is 1. The number of carboxylic acids is 1. The van der Waals surface area contributed by atoms with Crippen molar-refractivity contribution in [1.82, 2.24) is 10.2 Å². The number of thioether (sulfide) groups is 1. The molecule has 1 heterocycles. The van der Waals surface area contributed by atoms with Crippen molar-refractivity contribution in [2.75, 3.05) is 18.6 Å². The Bertz CT molecular complexity index is 364. The molecule has 0 aromatic carbocycles. The van der Waals surface area contributed by atoms with E-state index in [1.165, 1.54) is 16.7 Å². The van der Waals surface area contributed by atoms with Gasteiger partial charge in [-0.15, -0.1) is 0 Å². The average molecular weight is 289 g/mol. The fourth-order valence-corrected chi connectivity index (χ4v) is 2.50. The molecule has 7 nitrogen and oxygen atoms in total. The molecular weight excluding hydrogens is 270 g/mol. The molecule has 0 aliphatic carbocycles. The summed E-state index contributed by atoms with van der Waals surface area (Å²) in [7, 11) is 0. The van der Waals surface area contributed by atoms with Gasteiger partial charge in [0.05, 0.1) is 0 Å². The molecule has 19 heavy (non-hydrogen) atoms. The van der Waals surface area contributed by atoms with Crippen molar-refractivity contribution in [3.8, 4) is 0 Å². The van der Waals surface area contributed by atoms with Crippen molar-refractivity contribution in [2.45, 2.75) is 31.3 Å². The van der Waals surface area contributed by atoms with Gasteiger partial charge in [0.2, 0.25) is 5.91 Å². The number of hydrogen-bond acceptors (Lipinski definition) is 4. The number of urea groups is 1. The fourth-order valence-electron chi connectivity index (χ4n) is 2.03. The van der Waals surface area contributed by atoms with Crippen LogP contribution in [0.3, 0.4) is 0 Å². The molecule has 1 rings (SSSR count).